The van der Waals surface area contributed by atoms with Gasteiger partial charge in [0.15, 0.2) is 5.78 Å². The number of amides is 3. The summed E-state index contributed by atoms with van der Waals surface area (Å²) in [6.45, 7) is 15.8. The number of methoxy groups -OCH3 is 1. The van der Waals surface area contributed by atoms with Crippen molar-refractivity contribution in [2.75, 3.05) is 95.0 Å². The van der Waals surface area contributed by atoms with Crippen LogP contribution in [-0.4, -0.2) is 150 Å². The molecule has 540 valence electrons. The molecule has 29 heteroatoms. The van der Waals surface area contributed by atoms with Crippen molar-refractivity contribution in [2.24, 2.45) is 0 Å². The van der Waals surface area contributed by atoms with Gasteiger partial charge in [-0.25, -0.2) is 9.78 Å². The number of aromatic nitrogens is 11. The molecule has 8 aromatic heterocycles. The van der Waals surface area contributed by atoms with Crippen molar-refractivity contribution in [3.05, 3.63) is 208 Å². The first-order valence-corrected chi connectivity index (χ1v) is 35.0. The molecule has 0 radical (unpaired) electrons. The van der Waals surface area contributed by atoms with Crippen molar-refractivity contribution in [3.8, 4) is 11.5 Å². The van der Waals surface area contributed by atoms with Crippen LogP contribution in [0.3, 0.4) is 0 Å². The Kier molecular flexibility index (Phi) is 22.5. The maximum atomic E-state index is 13.3. The topological polar surface area (TPSA) is 368 Å². The predicted molar refractivity (Wildman–Crippen MR) is 405 cm³/mol. The number of benzene rings is 3. The fourth-order valence-electron chi connectivity index (χ4n) is 13.4. The molecule has 3 amide bonds. The highest BCUT2D eigenvalue weighted by molar-refractivity contribution is 6.30. The molecule has 12 heterocycles. The maximum absolute atomic E-state index is 13.3. The molecule has 0 saturated carbocycles. The molecular formula is C76H79ClN18O10. The van der Waals surface area contributed by atoms with E-state index in [0.717, 1.165) is 170 Å². The third-order valence-corrected chi connectivity index (χ3v) is 18.9. The molecule has 15 rings (SSSR count). The Morgan fingerprint density at radius 2 is 0.876 bits per heavy atom. The monoisotopic (exact) mass is 1440 g/mol. The van der Waals surface area contributed by atoms with Crippen LogP contribution in [0.25, 0.3) is 44.2 Å². The number of halogens is 1. The molecule has 1 unspecified atom stereocenters. The van der Waals surface area contributed by atoms with Gasteiger partial charge in [0.1, 0.15) is 16.5 Å². The summed E-state index contributed by atoms with van der Waals surface area (Å²) in [7, 11) is 1.37. The summed E-state index contributed by atoms with van der Waals surface area (Å²) in [5.74, 6) is -1.03. The van der Waals surface area contributed by atoms with Crippen molar-refractivity contribution in [2.45, 2.75) is 92.1 Å². The standard InChI is InChI=1S/C22H24N4O3.C22H22N4O3.C21H20N8O2.C11H13ClN2O2/c2*1-13-9-21(28)25-18-6-5-15(10-16(13)18)24-22(29)17-11-19(14(2)27)23-12-20(17)26-7-3-4-8-26;1-12-8-19(30)24-16-5-4-13(9-14(12)16)23-21(31)15-10-17(20-25-27-28-26-20)22-11-18(15)29-6-2-3-7-29;1-16-11(15)8-6-10(12)13-7-9(8)14-4-2-3-5-14/h5-6,9-12,14,27H,3-4,7-8H2,1-2H3,(H,24,29)(H,25,28);5-6,9-12H,3-4,7-8H2,1-2H3,(H,24,29)(H,25,28);4-5,8-11H,2-3,6-7H2,1H3,(H,23,31)(H,24,30)(H,25,26,27,28);6-7H,2-5H2,1H3. The average molecular weight is 1440 g/mol. The van der Waals surface area contributed by atoms with Crippen molar-refractivity contribution in [1.82, 2.24) is 55.5 Å². The lowest BCUT2D eigenvalue weighted by Gasteiger charge is -2.21. The summed E-state index contributed by atoms with van der Waals surface area (Å²) in [6.07, 6.45) is 14.6. The molecule has 4 saturated heterocycles. The van der Waals surface area contributed by atoms with E-state index in [4.69, 9.17) is 16.3 Å². The third-order valence-electron chi connectivity index (χ3n) is 18.7. The van der Waals surface area contributed by atoms with Crippen LogP contribution in [0.1, 0.15) is 146 Å². The number of aliphatic hydroxyl groups is 1. The molecule has 0 aliphatic carbocycles. The molecule has 105 heavy (non-hydrogen) atoms. The SMILES string of the molecule is CC(=O)c1cc(C(=O)Nc2ccc3[nH]c(=O)cc(C)c3c2)c(N2CCCC2)cn1.COC(=O)c1cc(Cl)ncc1N1CCCC1.Cc1cc(=O)[nH]c2ccc(NC(=O)c3cc(-c4nn[nH]n4)ncc3N3CCCC3)cc12.Cc1cc(=O)[nH]c2ccc(NC(=O)c3cc(C(C)O)ncc3N3CCCC3)cc12. The number of ether oxygens (including phenoxy) is 1. The van der Waals surface area contributed by atoms with Gasteiger partial charge in [-0.15, -0.1) is 10.2 Å². The minimum absolute atomic E-state index is 0.149. The highest BCUT2D eigenvalue weighted by Gasteiger charge is 2.27. The van der Waals surface area contributed by atoms with Gasteiger partial charge in [0.2, 0.25) is 22.5 Å². The smallest absolute Gasteiger partial charge is 0.340 e. The molecule has 4 aliphatic heterocycles. The van der Waals surface area contributed by atoms with Crippen LogP contribution < -0.4 is 52.2 Å². The summed E-state index contributed by atoms with van der Waals surface area (Å²) in [4.78, 5) is 132. The fourth-order valence-corrected chi connectivity index (χ4v) is 13.5. The third kappa shape index (κ3) is 17.2. The number of aryl methyl sites for hydroxylation is 3. The molecule has 0 bridgehead atoms. The van der Waals surface area contributed by atoms with Crippen LogP contribution in [0.15, 0.2) is 136 Å². The van der Waals surface area contributed by atoms with E-state index in [1.807, 2.05) is 39.0 Å². The van der Waals surface area contributed by atoms with Crippen LogP contribution in [0, 0.1) is 20.8 Å². The molecule has 4 fully saturated rings. The lowest BCUT2D eigenvalue weighted by Crippen LogP contribution is -2.24. The van der Waals surface area contributed by atoms with Gasteiger partial charge in [0.05, 0.1) is 88.7 Å². The number of pyridine rings is 7. The van der Waals surface area contributed by atoms with E-state index >= 15 is 0 Å². The summed E-state index contributed by atoms with van der Waals surface area (Å²) in [5.41, 5.74) is 12.4. The van der Waals surface area contributed by atoms with Crippen molar-refractivity contribution in [3.63, 3.8) is 0 Å². The average Bonchev–Trinajstić information content (AvgIpc) is 1.60. The van der Waals surface area contributed by atoms with Gasteiger partial charge in [-0.3, -0.25) is 48.5 Å². The van der Waals surface area contributed by atoms with Crippen LogP contribution >= 0.6 is 11.6 Å². The van der Waals surface area contributed by atoms with Gasteiger partial charge >= 0.3 is 5.97 Å². The Bertz CT molecular complexity index is 5290. The highest BCUT2D eigenvalue weighted by atomic mass is 35.5. The van der Waals surface area contributed by atoms with Crippen LogP contribution in [0.5, 0.6) is 0 Å². The Morgan fingerprint density at radius 3 is 1.27 bits per heavy atom. The number of tetrazole rings is 1. The molecule has 11 aromatic rings. The second kappa shape index (κ2) is 32.5. The van der Waals surface area contributed by atoms with Gasteiger partial charge < -0.3 is 60.3 Å². The maximum Gasteiger partial charge on any atom is 0.340 e. The van der Waals surface area contributed by atoms with Gasteiger partial charge in [-0.05, 0) is 180 Å². The number of aliphatic hydroxyl groups excluding tert-OH is 1. The van der Waals surface area contributed by atoms with E-state index in [1.165, 1.54) is 26.2 Å². The Hall–Kier alpha value is -12.0. The number of Topliss-reactive ketones (excluding diaryl/α,β-unsaturated/α-hetero) is 1. The van der Waals surface area contributed by atoms with E-state index in [2.05, 4.69) is 91.1 Å². The lowest BCUT2D eigenvalue weighted by atomic mass is 10.1. The number of carbonyl (C=O) groups excluding carboxylic acids is 5. The quantitative estimate of drug-likeness (QED) is 0.0285. The number of nitrogens with zero attached hydrogens (tertiary/aromatic N) is 11. The molecule has 0 spiro atoms. The van der Waals surface area contributed by atoms with E-state index in [1.54, 1.807) is 98.4 Å². The van der Waals surface area contributed by atoms with Crippen molar-refractivity contribution < 1.29 is 33.8 Å². The first kappa shape index (κ1) is 72.7. The predicted octanol–water partition coefficient (Wildman–Crippen LogP) is 10.8. The zero-order valence-corrected chi connectivity index (χ0v) is 59.6. The first-order valence-electron chi connectivity index (χ1n) is 34.7. The van der Waals surface area contributed by atoms with E-state index in [0.29, 0.717) is 67.2 Å². The number of nitrogens with one attached hydrogen (secondary N) is 7. The molecule has 4 aliphatic rings. The van der Waals surface area contributed by atoms with Crippen LogP contribution in [0.2, 0.25) is 5.15 Å². The van der Waals surface area contributed by atoms with Gasteiger partial charge in [-0.2, -0.15) is 5.21 Å². The number of carbonyl (C=O) groups is 5. The number of esters is 1. The minimum Gasteiger partial charge on any atom is -0.465 e. The van der Waals surface area contributed by atoms with Crippen LogP contribution in [-0.2, 0) is 4.74 Å². The number of H-pyrrole nitrogens is 4. The first-order chi connectivity index (χ1) is 50.6. The lowest BCUT2D eigenvalue weighted by molar-refractivity contribution is 0.0600. The second-order valence-corrected chi connectivity index (χ2v) is 26.5. The largest absolute Gasteiger partial charge is 0.465 e. The summed E-state index contributed by atoms with van der Waals surface area (Å²) < 4.78 is 4.74. The Morgan fingerprint density at radius 1 is 0.495 bits per heavy atom. The Labute approximate surface area is 607 Å². The highest BCUT2D eigenvalue weighted by Crippen LogP contribution is 2.33. The van der Waals surface area contributed by atoms with E-state index in [9.17, 15) is 43.5 Å². The second-order valence-electron chi connectivity index (χ2n) is 26.2. The summed E-state index contributed by atoms with van der Waals surface area (Å²) >= 11 is 5.79. The van der Waals surface area contributed by atoms with Gasteiger partial charge in [0, 0.05) is 127 Å². The number of aromatic amines is 4. The number of anilines is 7. The minimum atomic E-state index is -0.755. The van der Waals surface area contributed by atoms with Gasteiger partial charge in [-0.1, -0.05) is 11.6 Å². The Balaban J connectivity index is 0.000000134. The zero-order chi connectivity index (χ0) is 74.0. The molecule has 28 nitrogen and oxygen atoms in total. The summed E-state index contributed by atoms with van der Waals surface area (Å²) in [5, 5.41) is 35.6. The van der Waals surface area contributed by atoms with Crippen molar-refractivity contribution in [1.29, 1.82) is 0 Å². The number of ketones is 1. The zero-order valence-electron chi connectivity index (χ0n) is 58.9. The van der Waals surface area contributed by atoms with Gasteiger partial charge in [0.25, 0.3) is 17.7 Å². The number of hydrogen-bond donors (Lipinski definition) is 8. The molecule has 3 aromatic carbocycles. The fraction of sp³-hybridized carbons (Fsp3) is 0.303. The number of hydrogen-bond acceptors (Lipinski definition) is 21. The molecule has 8 N–H and O–H groups in total. The summed E-state index contributed by atoms with van der Waals surface area (Å²) in [6, 6.07) is 27.3. The van der Waals surface area contributed by atoms with Crippen molar-refractivity contribution >= 4 is 114 Å². The number of rotatable bonds is 14. The van der Waals surface area contributed by atoms with Crippen LogP contribution in [0.4, 0.5) is 39.8 Å². The van der Waals surface area contributed by atoms with E-state index < -0.39 is 6.10 Å². The number of fused-ring (bicyclic) bond motifs is 3. The normalized spacial score (nSPS) is 14.2. The van der Waals surface area contributed by atoms with E-state index in [-0.39, 0.29) is 51.8 Å². The molecular weight excluding hydrogens is 1360 g/mol. The molecule has 1 atom stereocenters.